The van der Waals surface area contributed by atoms with Gasteiger partial charge in [0.15, 0.2) is 15.8 Å². The Morgan fingerprint density at radius 3 is 2.75 bits per heavy atom. The number of aliphatic imine (C=N–C) groups is 1. The molecule has 0 bridgehead atoms. The van der Waals surface area contributed by atoms with E-state index in [1.54, 1.807) is 7.05 Å². The maximum Gasteiger partial charge on any atom is 0.191 e. The van der Waals surface area contributed by atoms with Gasteiger partial charge in [0.25, 0.3) is 0 Å². The lowest BCUT2D eigenvalue weighted by Crippen LogP contribution is -2.43. The highest BCUT2D eigenvalue weighted by Crippen LogP contribution is 2.18. The second-order valence-corrected chi connectivity index (χ2v) is 8.71. The molecule has 1 aromatic rings. The fraction of sp³-hybridized carbons (Fsp3) is 0.588. The van der Waals surface area contributed by atoms with Gasteiger partial charge in [0.1, 0.15) is 5.75 Å². The Balaban J connectivity index is 1.91. The predicted octanol–water partition coefficient (Wildman–Crippen LogP) is 1.57. The van der Waals surface area contributed by atoms with Gasteiger partial charge in [-0.15, -0.1) is 0 Å². The molecule has 0 amide bonds. The minimum atomic E-state index is -2.90. The van der Waals surface area contributed by atoms with Crippen LogP contribution in [-0.2, 0) is 16.4 Å². The first-order valence-corrected chi connectivity index (χ1v) is 10.1. The number of ether oxygens (including phenoxy) is 1. The lowest BCUT2D eigenvalue weighted by atomic mass is 10.2. The summed E-state index contributed by atoms with van der Waals surface area (Å²) in [5.74, 6) is 2.34. The molecule has 0 spiro atoms. The Morgan fingerprint density at radius 2 is 2.12 bits per heavy atom. The van der Waals surface area contributed by atoms with E-state index in [1.807, 2.05) is 24.3 Å². The minimum absolute atomic E-state index is 0.0753. The molecule has 0 radical (unpaired) electrons. The zero-order valence-electron chi connectivity index (χ0n) is 14.6. The smallest absolute Gasteiger partial charge is 0.191 e. The highest BCUT2D eigenvalue weighted by atomic mass is 32.2. The van der Waals surface area contributed by atoms with E-state index >= 15 is 0 Å². The average molecular weight is 353 g/mol. The van der Waals surface area contributed by atoms with Gasteiger partial charge in [-0.1, -0.05) is 32.0 Å². The summed E-state index contributed by atoms with van der Waals surface area (Å²) in [6.45, 7) is 5.46. The second-order valence-electron chi connectivity index (χ2n) is 6.48. The molecule has 1 aromatic carbocycles. The van der Waals surface area contributed by atoms with Gasteiger partial charge in [-0.25, -0.2) is 8.42 Å². The number of hydrogen-bond donors (Lipinski definition) is 2. The Hall–Kier alpha value is -1.76. The van der Waals surface area contributed by atoms with Crippen LogP contribution in [0.25, 0.3) is 0 Å². The lowest BCUT2D eigenvalue weighted by Gasteiger charge is -2.18. The van der Waals surface area contributed by atoms with Crippen molar-refractivity contribution in [3.8, 4) is 5.75 Å². The van der Waals surface area contributed by atoms with Crippen molar-refractivity contribution in [3.05, 3.63) is 29.8 Å². The standard InChI is InChI=1S/C17H27N3O3S/c1-13(2)11-23-16-7-5-4-6-14(16)10-19-17(18-3)20-15-8-9-24(21,22)12-15/h4-7,13,15H,8-12H2,1-3H3,(H2,18,19,20). The molecule has 1 unspecified atom stereocenters. The van der Waals surface area contributed by atoms with E-state index in [0.29, 0.717) is 31.4 Å². The summed E-state index contributed by atoms with van der Waals surface area (Å²) < 4.78 is 28.9. The number of hydrogen-bond acceptors (Lipinski definition) is 4. The molecule has 1 saturated heterocycles. The summed E-state index contributed by atoms with van der Waals surface area (Å²) in [6.07, 6.45) is 0.622. The SMILES string of the molecule is CN=C(NCc1ccccc1OCC(C)C)NC1CCS(=O)(=O)C1. The molecule has 1 aliphatic heterocycles. The van der Waals surface area contributed by atoms with Crippen molar-refractivity contribution in [1.29, 1.82) is 0 Å². The molecule has 0 aliphatic carbocycles. The van der Waals surface area contributed by atoms with Crippen LogP contribution in [0, 0.1) is 5.92 Å². The van der Waals surface area contributed by atoms with E-state index in [9.17, 15) is 8.42 Å². The zero-order valence-corrected chi connectivity index (χ0v) is 15.4. The monoisotopic (exact) mass is 353 g/mol. The van der Waals surface area contributed by atoms with Crippen molar-refractivity contribution >= 4 is 15.8 Å². The van der Waals surface area contributed by atoms with E-state index in [4.69, 9.17) is 4.74 Å². The molecular weight excluding hydrogens is 326 g/mol. The van der Waals surface area contributed by atoms with Gasteiger partial charge in [0.05, 0.1) is 18.1 Å². The third-order valence-corrected chi connectivity index (χ3v) is 5.56. The number of benzene rings is 1. The maximum atomic E-state index is 11.5. The predicted molar refractivity (Wildman–Crippen MR) is 97.2 cm³/mol. The van der Waals surface area contributed by atoms with Gasteiger partial charge >= 0.3 is 0 Å². The first-order valence-electron chi connectivity index (χ1n) is 8.28. The molecule has 1 aliphatic rings. The molecule has 0 aromatic heterocycles. The van der Waals surface area contributed by atoms with Gasteiger partial charge in [-0.05, 0) is 18.4 Å². The van der Waals surface area contributed by atoms with Crippen LogP contribution < -0.4 is 15.4 Å². The molecule has 1 fully saturated rings. The molecule has 2 N–H and O–H groups in total. The van der Waals surface area contributed by atoms with Crippen LogP contribution in [0.1, 0.15) is 25.8 Å². The van der Waals surface area contributed by atoms with Crippen LogP contribution in [0.15, 0.2) is 29.3 Å². The van der Waals surface area contributed by atoms with Crippen LogP contribution in [0.2, 0.25) is 0 Å². The van der Waals surface area contributed by atoms with Crippen molar-refractivity contribution in [1.82, 2.24) is 10.6 Å². The van der Waals surface area contributed by atoms with Crippen molar-refractivity contribution in [3.63, 3.8) is 0 Å². The van der Waals surface area contributed by atoms with E-state index in [-0.39, 0.29) is 17.5 Å². The third-order valence-electron chi connectivity index (χ3n) is 3.79. The number of nitrogens with zero attached hydrogens (tertiary/aromatic N) is 1. The first-order chi connectivity index (χ1) is 11.4. The van der Waals surface area contributed by atoms with E-state index in [0.717, 1.165) is 11.3 Å². The minimum Gasteiger partial charge on any atom is -0.493 e. The fourth-order valence-electron chi connectivity index (χ4n) is 2.52. The van der Waals surface area contributed by atoms with Gasteiger partial charge < -0.3 is 15.4 Å². The normalized spacial score (nSPS) is 20.2. The van der Waals surface area contributed by atoms with Crippen LogP contribution in [-0.4, -0.2) is 45.6 Å². The molecule has 0 saturated carbocycles. The molecular formula is C17H27N3O3S. The van der Waals surface area contributed by atoms with Crippen LogP contribution in [0.3, 0.4) is 0 Å². The van der Waals surface area contributed by atoms with E-state index < -0.39 is 9.84 Å². The average Bonchev–Trinajstić information content (AvgIpc) is 2.88. The van der Waals surface area contributed by atoms with Gasteiger partial charge in [0, 0.05) is 25.2 Å². The Labute approximate surface area is 144 Å². The quantitative estimate of drug-likeness (QED) is 0.599. The van der Waals surface area contributed by atoms with E-state index in [2.05, 4.69) is 29.5 Å². The summed E-state index contributed by atoms with van der Waals surface area (Å²) in [6, 6.07) is 7.82. The Bertz CT molecular complexity index is 671. The summed E-state index contributed by atoms with van der Waals surface area (Å²) >= 11 is 0. The van der Waals surface area contributed by atoms with Crippen LogP contribution >= 0.6 is 0 Å². The number of guanidine groups is 1. The van der Waals surface area contributed by atoms with Crippen LogP contribution in [0.5, 0.6) is 5.75 Å². The van der Waals surface area contributed by atoms with Crippen molar-refractivity contribution in [2.45, 2.75) is 32.9 Å². The molecule has 1 atom stereocenters. The highest BCUT2D eigenvalue weighted by molar-refractivity contribution is 7.91. The number of sulfone groups is 1. The number of para-hydroxylation sites is 1. The zero-order chi connectivity index (χ0) is 17.6. The molecule has 6 nitrogen and oxygen atoms in total. The van der Waals surface area contributed by atoms with Crippen molar-refractivity contribution in [2.75, 3.05) is 25.2 Å². The van der Waals surface area contributed by atoms with Crippen LogP contribution in [0.4, 0.5) is 0 Å². The molecule has 1 heterocycles. The van der Waals surface area contributed by atoms with Gasteiger partial charge in [-0.2, -0.15) is 0 Å². The molecule has 7 heteroatoms. The molecule has 24 heavy (non-hydrogen) atoms. The Morgan fingerprint density at radius 1 is 1.38 bits per heavy atom. The summed E-state index contributed by atoms with van der Waals surface area (Å²) in [5.41, 5.74) is 1.04. The topological polar surface area (TPSA) is 79.8 Å². The largest absolute Gasteiger partial charge is 0.493 e. The summed E-state index contributed by atoms with van der Waals surface area (Å²) in [7, 11) is -1.22. The number of nitrogens with one attached hydrogen (secondary N) is 2. The summed E-state index contributed by atoms with van der Waals surface area (Å²) in [5, 5.41) is 6.41. The second kappa shape index (κ2) is 8.37. The number of rotatable bonds is 6. The van der Waals surface area contributed by atoms with Crippen molar-refractivity contribution < 1.29 is 13.2 Å². The van der Waals surface area contributed by atoms with Crippen molar-refractivity contribution in [2.24, 2.45) is 10.9 Å². The summed E-state index contributed by atoms with van der Waals surface area (Å²) in [4.78, 5) is 4.18. The fourth-order valence-corrected chi connectivity index (χ4v) is 4.20. The third kappa shape index (κ3) is 5.70. The molecule has 134 valence electrons. The maximum absolute atomic E-state index is 11.5. The highest BCUT2D eigenvalue weighted by Gasteiger charge is 2.28. The lowest BCUT2D eigenvalue weighted by molar-refractivity contribution is 0.268. The Kier molecular flexibility index (Phi) is 6.48. The van der Waals surface area contributed by atoms with E-state index in [1.165, 1.54) is 0 Å². The molecule has 2 rings (SSSR count). The van der Waals surface area contributed by atoms with Gasteiger partial charge in [-0.3, -0.25) is 4.99 Å². The van der Waals surface area contributed by atoms with Gasteiger partial charge in [0.2, 0.25) is 0 Å². The first kappa shape index (κ1) is 18.6.